The fourth-order valence-corrected chi connectivity index (χ4v) is 2.85. The summed E-state index contributed by atoms with van der Waals surface area (Å²) in [6, 6.07) is 0. The first kappa shape index (κ1) is 23.8. The van der Waals surface area contributed by atoms with E-state index in [1.165, 1.54) is 11.0 Å². The fraction of sp³-hybridized carbons (Fsp3) is 0.800. The molecule has 1 rings (SSSR count). The van der Waals surface area contributed by atoms with Crippen LogP contribution < -0.4 is 0 Å². The van der Waals surface area contributed by atoms with E-state index in [0.717, 1.165) is 25.7 Å². The molecule has 0 aromatic carbocycles. The monoisotopic (exact) mass is 385 g/mol. The van der Waals surface area contributed by atoms with Crippen LogP contribution in [0.1, 0.15) is 80.6 Å². The number of rotatable bonds is 13. The van der Waals surface area contributed by atoms with Gasteiger partial charge in [-0.1, -0.05) is 26.7 Å². The molecule has 0 aromatic heterocycles. The Labute approximate surface area is 162 Å². The van der Waals surface area contributed by atoms with Crippen LogP contribution in [0.25, 0.3) is 0 Å². The Hall–Kier alpha value is -1.28. The van der Waals surface area contributed by atoms with Crippen molar-refractivity contribution >= 4 is 11.8 Å². The summed E-state index contributed by atoms with van der Waals surface area (Å²) in [5, 5.41) is 0. The quantitative estimate of drug-likeness (QED) is 0.206. The van der Waals surface area contributed by atoms with Crippen LogP contribution in [0.5, 0.6) is 0 Å². The molecule has 0 spiro atoms. The highest BCUT2D eigenvalue weighted by Crippen LogP contribution is 2.22. The zero-order valence-corrected chi connectivity index (χ0v) is 17.8. The molecule has 1 heterocycles. The van der Waals surface area contributed by atoms with Gasteiger partial charge in [-0.2, -0.15) is 0 Å². The van der Waals surface area contributed by atoms with Crippen molar-refractivity contribution in [2.75, 3.05) is 6.54 Å². The van der Waals surface area contributed by atoms with E-state index in [4.69, 9.17) is 19.6 Å². The summed E-state index contributed by atoms with van der Waals surface area (Å²) in [7, 11) is 0. The van der Waals surface area contributed by atoms with Crippen LogP contribution in [0.15, 0.2) is 11.6 Å². The molecule has 1 aliphatic heterocycles. The van der Waals surface area contributed by atoms with E-state index < -0.39 is 17.5 Å². The number of imide groups is 1. The molecule has 7 nitrogen and oxygen atoms in total. The highest BCUT2D eigenvalue weighted by Gasteiger charge is 2.31. The van der Waals surface area contributed by atoms with Gasteiger partial charge < -0.3 is 0 Å². The summed E-state index contributed by atoms with van der Waals surface area (Å²) < 4.78 is 0. The zero-order valence-electron chi connectivity index (χ0n) is 17.8. The predicted octanol–water partition coefficient (Wildman–Crippen LogP) is 4.07. The first-order chi connectivity index (χ1) is 12.5. The molecule has 0 N–H and O–H groups in total. The number of carbonyl (C=O) groups is 2. The normalized spacial score (nSPS) is 15.9. The van der Waals surface area contributed by atoms with Crippen LogP contribution in [0.2, 0.25) is 0 Å². The van der Waals surface area contributed by atoms with Gasteiger partial charge in [-0.25, -0.2) is 19.6 Å². The summed E-state index contributed by atoms with van der Waals surface area (Å²) >= 11 is 0. The van der Waals surface area contributed by atoms with E-state index >= 15 is 0 Å². The minimum atomic E-state index is -0.862. The van der Waals surface area contributed by atoms with Crippen molar-refractivity contribution < 1.29 is 29.1 Å². The molecule has 0 saturated carbocycles. The largest absolute Gasteiger partial charge is 0.275 e. The lowest BCUT2D eigenvalue weighted by Crippen LogP contribution is -2.37. The maximum absolute atomic E-state index is 12.0. The standard InChI is InChI=1S/C20H35NO6/c1-8-11-19(4,5)26-24-17(25-27-20(6,7)12-9-2)10-13-21-16(22)14-15(3)18(21)23/h14,17H,8-13H2,1-7H3. The molecule has 1 aliphatic rings. The summed E-state index contributed by atoms with van der Waals surface area (Å²) in [6.45, 7) is 13.6. The van der Waals surface area contributed by atoms with Gasteiger partial charge in [0.15, 0.2) is 0 Å². The molecule has 156 valence electrons. The Kier molecular flexibility index (Phi) is 9.08. The van der Waals surface area contributed by atoms with Crippen LogP contribution in [-0.4, -0.2) is 40.8 Å². The lowest BCUT2D eigenvalue weighted by molar-refractivity contribution is -0.501. The first-order valence-electron chi connectivity index (χ1n) is 9.74. The van der Waals surface area contributed by atoms with Gasteiger partial charge in [0.05, 0.1) is 11.2 Å². The van der Waals surface area contributed by atoms with E-state index in [2.05, 4.69) is 13.8 Å². The molecular formula is C20H35NO6. The average Bonchev–Trinajstić information content (AvgIpc) is 2.79. The Balaban J connectivity index is 2.66. The van der Waals surface area contributed by atoms with Crippen molar-refractivity contribution in [3.63, 3.8) is 0 Å². The molecule has 0 aromatic rings. The molecule has 7 heteroatoms. The summed E-state index contributed by atoms with van der Waals surface area (Å²) in [4.78, 5) is 47.1. The molecule has 0 aliphatic carbocycles. The molecular weight excluding hydrogens is 350 g/mol. The van der Waals surface area contributed by atoms with Gasteiger partial charge in [0, 0.05) is 24.6 Å². The van der Waals surface area contributed by atoms with Crippen molar-refractivity contribution in [3.8, 4) is 0 Å². The second-order valence-electron chi connectivity index (χ2n) is 8.22. The second-order valence-corrected chi connectivity index (χ2v) is 8.22. The van der Waals surface area contributed by atoms with Crippen molar-refractivity contribution in [2.24, 2.45) is 0 Å². The van der Waals surface area contributed by atoms with E-state index in [1.807, 2.05) is 27.7 Å². The van der Waals surface area contributed by atoms with E-state index in [9.17, 15) is 9.59 Å². The topological polar surface area (TPSA) is 74.3 Å². The number of hydrogen-bond acceptors (Lipinski definition) is 6. The number of carbonyl (C=O) groups excluding carboxylic acids is 2. The van der Waals surface area contributed by atoms with Crippen molar-refractivity contribution in [2.45, 2.75) is 98.1 Å². The van der Waals surface area contributed by atoms with Gasteiger partial charge in [-0.3, -0.25) is 14.5 Å². The lowest BCUT2D eigenvalue weighted by Gasteiger charge is -2.29. The minimum Gasteiger partial charge on any atom is -0.275 e. The molecule has 0 radical (unpaired) electrons. The third-order valence-corrected chi connectivity index (χ3v) is 4.24. The van der Waals surface area contributed by atoms with E-state index in [1.54, 1.807) is 6.92 Å². The molecule has 0 fully saturated rings. The Bertz CT molecular complexity index is 519. The highest BCUT2D eigenvalue weighted by molar-refractivity contribution is 6.15. The smallest absolute Gasteiger partial charge is 0.256 e. The van der Waals surface area contributed by atoms with Gasteiger partial charge in [-0.05, 0) is 47.5 Å². The van der Waals surface area contributed by atoms with Crippen LogP contribution >= 0.6 is 0 Å². The van der Waals surface area contributed by atoms with Crippen molar-refractivity contribution in [3.05, 3.63) is 11.6 Å². The minimum absolute atomic E-state index is 0.158. The van der Waals surface area contributed by atoms with Crippen LogP contribution in [-0.2, 0) is 29.1 Å². The van der Waals surface area contributed by atoms with Crippen molar-refractivity contribution in [1.29, 1.82) is 0 Å². The third kappa shape index (κ3) is 8.09. The molecule has 0 saturated heterocycles. The van der Waals surface area contributed by atoms with Gasteiger partial charge in [0.25, 0.3) is 11.8 Å². The first-order valence-corrected chi connectivity index (χ1v) is 9.74. The number of hydrogen-bond donors (Lipinski definition) is 0. The maximum atomic E-state index is 12.0. The number of amides is 2. The second kappa shape index (κ2) is 10.3. The van der Waals surface area contributed by atoms with Gasteiger partial charge in [0.2, 0.25) is 6.29 Å². The van der Waals surface area contributed by atoms with Gasteiger partial charge in [-0.15, -0.1) is 0 Å². The number of nitrogens with zero attached hydrogens (tertiary/aromatic N) is 1. The van der Waals surface area contributed by atoms with Crippen LogP contribution in [0.3, 0.4) is 0 Å². The summed E-state index contributed by atoms with van der Waals surface area (Å²) in [6.07, 6.45) is 4.23. The Morgan fingerprint density at radius 3 is 1.81 bits per heavy atom. The summed E-state index contributed by atoms with van der Waals surface area (Å²) in [5.41, 5.74) is -0.529. The van der Waals surface area contributed by atoms with Gasteiger partial charge in [0.1, 0.15) is 0 Å². The average molecular weight is 386 g/mol. The Morgan fingerprint density at radius 1 is 0.963 bits per heavy atom. The maximum Gasteiger partial charge on any atom is 0.256 e. The molecule has 0 atom stereocenters. The Morgan fingerprint density at radius 2 is 1.44 bits per heavy atom. The van der Waals surface area contributed by atoms with Crippen molar-refractivity contribution in [1.82, 2.24) is 4.90 Å². The predicted molar refractivity (Wildman–Crippen MR) is 101 cm³/mol. The van der Waals surface area contributed by atoms with E-state index in [-0.39, 0.29) is 24.8 Å². The molecule has 0 unspecified atom stereocenters. The fourth-order valence-electron chi connectivity index (χ4n) is 2.85. The lowest BCUT2D eigenvalue weighted by atomic mass is 10.0. The third-order valence-electron chi connectivity index (χ3n) is 4.24. The molecule has 27 heavy (non-hydrogen) atoms. The van der Waals surface area contributed by atoms with Gasteiger partial charge >= 0.3 is 0 Å². The summed E-state index contributed by atoms with van der Waals surface area (Å²) in [5.74, 6) is -0.617. The molecule has 2 amide bonds. The highest BCUT2D eigenvalue weighted by atomic mass is 17.3. The van der Waals surface area contributed by atoms with Crippen LogP contribution in [0, 0.1) is 0 Å². The van der Waals surface area contributed by atoms with E-state index in [0.29, 0.717) is 5.57 Å². The SMILES string of the molecule is CCCC(C)(C)OOC(CCN1C(=O)C=C(C)C1=O)OOC(C)(C)CCC. The van der Waals surface area contributed by atoms with Crippen LogP contribution in [0.4, 0.5) is 0 Å². The molecule has 0 bridgehead atoms. The zero-order chi connectivity index (χ0) is 20.7.